The van der Waals surface area contributed by atoms with Crippen LogP contribution < -0.4 is 5.32 Å². The number of carbonyl (C=O) groups is 1. The van der Waals surface area contributed by atoms with Crippen LogP contribution >= 0.6 is 0 Å². The lowest BCUT2D eigenvalue weighted by Crippen LogP contribution is -2.40. The Balaban J connectivity index is 1.62. The summed E-state index contributed by atoms with van der Waals surface area (Å²) in [6, 6.07) is 8.17. The van der Waals surface area contributed by atoms with E-state index in [9.17, 15) is 9.18 Å². The number of amides is 1. The van der Waals surface area contributed by atoms with Crippen molar-refractivity contribution in [1.82, 2.24) is 30.0 Å². The van der Waals surface area contributed by atoms with Crippen LogP contribution in [0.2, 0.25) is 0 Å². The maximum Gasteiger partial charge on any atom is 0.254 e. The predicted octanol–water partition coefficient (Wildman–Crippen LogP) is 3.66. The van der Waals surface area contributed by atoms with Gasteiger partial charge in [-0.15, -0.1) is 0 Å². The van der Waals surface area contributed by atoms with Gasteiger partial charge in [0.2, 0.25) is 0 Å². The van der Waals surface area contributed by atoms with Gasteiger partial charge in [0, 0.05) is 30.8 Å². The molecular weight excluding hydrogens is 407 g/mol. The van der Waals surface area contributed by atoms with Crippen LogP contribution in [0.25, 0.3) is 17.2 Å². The molecular formula is C24H29FN6O. The SMILES string of the molecule is CN(C)CC(C)(C)CNC(=O)c1cnn(-c2nccc(-c3ccccc3F)n2)c1C1CC1. The number of rotatable bonds is 8. The molecule has 8 heteroatoms. The zero-order chi connectivity index (χ0) is 22.9. The van der Waals surface area contributed by atoms with Gasteiger partial charge in [0.25, 0.3) is 11.9 Å². The number of hydrogen-bond donors (Lipinski definition) is 1. The minimum absolute atomic E-state index is 0.0634. The van der Waals surface area contributed by atoms with Crippen molar-refractivity contribution in [1.29, 1.82) is 0 Å². The normalized spacial score (nSPS) is 14.1. The van der Waals surface area contributed by atoms with E-state index in [-0.39, 0.29) is 23.1 Å². The molecule has 1 N–H and O–H groups in total. The number of carbonyl (C=O) groups excluding carboxylic acids is 1. The quantitative estimate of drug-likeness (QED) is 0.583. The van der Waals surface area contributed by atoms with Gasteiger partial charge in [0.05, 0.1) is 23.1 Å². The molecule has 0 aliphatic heterocycles. The van der Waals surface area contributed by atoms with E-state index in [4.69, 9.17) is 0 Å². The maximum atomic E-state index is 14.3. The Kier molecular flexibility index (Phi) is 6.06. The summed E-state index contributed by atoms with van der Waals surface area (Å²) >= 11 is 0. The van der Waals surface area contributed by atoms with Gasteiger partial charge in [-0.2, -0.15) is 5.10 Å². The van der Waals surface area contributed by atoms with Crippen LogP contribution in [0, 0.1) is 11.2 Å². The molecule has 2 heterocycles. The highest BCUT2D eigenvalue weighted by atomic mass is 19.1. The van der Waals surface area contributed by atoms with Crippen LogP contribution in [0.1, 0.15) is 48.7 Å². The molecule has 2 aromatic heterocycles. The summed E-state index contributed by atoms with van der Waals surface area (Å²) < 4.78 is 15.9. The van der Waals surface area contributed by atoms with Crippen LogP contribution in [0.4, 0.5) is 4.39 Å². The molecule has 0 bridgehead atoms. The molecule has 1 amide bonds. The first-order valence-corrected chi connectivity index (χ1v) is 10.8. The Morgan fingerprint density at radius 3 is 2.69 bits per heavy atom. The third-order valence-electron chi connectivity index (χ3n) is 5.47. The van der Waals surface area contributed by atoms with Crippen molar-refractivity contribution in [3.63, 3.8) is 0 Å². The van der Waals surface area contributed by atoms with Gasteiger partial charge in [-0.25, -0.2) is 19.0 Å². The van der Waals surface area contributed by atoms with Crippen molar-refractivity contribution in [2.75, 3.05) is 27.2 Å². The van der Waals surface area contributed by atoms with Crippen molar-refractivity contribution in [2.45, 2.75) is 32.6 Å². The first kappa shape index (κ1) is 22.1. The van der Waals surface area contributed by atoms with E-state index in [0.717, 1.165) is 25.1 Å². The highest BCUT2D eigenvalue weighted by molar-refractivity contribution is 5.95. The van der Waals surface area contributed by atoms with E-state index < -0.39 is 0 Å². The van der Waals surface area contributed by atoms with Gasteiger partial charge in [-0.3, -0.25) is 4.79 Å². The fourth-order valence-corrected chi connectivity index (χ4v) is 4.04. The Labute approximate surface area is 187 Å². The van der Waals surface area contributed by atoms with Gasteiger partial charge >= 0.3 is 0 Å². The largest absolute Gasteiger partial charge is 0.351 e. The third-order valence-corrected chi connectivity index (χ3v) is 5.47. The fourth-order valence-electron chi connectivity index (χ4n) is 4.04. The lowest BCUT2D eigenvalue weighted by Gasteiger charge is -2.28. The summed E-state index contributed by atoms with van der Waals surface area (Å²) in [6.45, 7) is 5.67. The molecule has 3 aromatic rings. The van der Waals surface area contributed by atoms with Crippen molar-refractivity contribution >= 4 is 5.91 Å². The highest BCUT2D eigenvalue weighted by Crippen LogP contribution is 2.42. The van der Waals surface area contributed by atoms with Crippen LogP contribution in [-0.4, -0.2) is 57.7 Å². The molecule has 1 aliphatic carbocycles. The van der Waals surface area contributed by atoms with Gasteiger partial charge in [0.15, 0.2) is 0 Å². The second-order valence-corrected chi connectivity index (χ2v) is 9.44. The minimum atomic E-state index is -0.347. The van der Waals surface area contributed by atoms with Crippen molar-refractivity contribution in [3.8, 4) is 17.2 Å². The lowest BCUT2D eigenvalue weighted by molar-refractivity contribution is 0.0928. The Morgan fingerprint density at radius 2 is 2.00 bits per heavy atom. The first-order chi connectivity index (χ1) is 15.2. The van der Waals surface area contributed by atoms with E-state index >= 15 is 0 Å². The maximum absolute atomic E-state index is 14.3. The predicted molar refractivity (Wildman–Crippen MR) is 121 cm³/mol. The number of halogens is 1. The smallest absolute Gasteiger partial charge is 0.254 e. The second-order valence-electron chi connectivity index (χ2n) is 9.44. The summed E-state index contributed by atoms with van der Waals surface area (Å²) in [5, 5.41) is 7.52. The molecule has 4 rings (SSSR count). The van der Waals surface area contributed by atoms with E-state index in [1.807, 2.05) is 14.1 Å². The summed E-state index contributed by atoms with van der Waals surface area (Å²) in [6.07, 6.45) is 5.16. The molecule has 0 atom stereocenters. The Morgan fingerprint density at radius 1 is 1.25 bits per heavy atom. The molecule has 168 valence electrons. The van der Waals surface area contributed by atoms with Crippen LogP contribution in [0.15, 0.2) is 42.7 Å². The van der Waals surface area contributed by atoms with Crippen molar-refractivity contribution in [2.24, 2.45) is 5.41 Å². The first-order valence-electron chi connectivity index (χ1n) is 10.8. The molecule has 32 heavy (non-hydrogen) atoms. The topological polar surface area (TPSA) is 75.9 Å². The molecule has 1 aliphatic rings. The van der Waals surface area contributed by atoms with Gasteiger partial charge in [0.1, 0.15) is 5.82 Å². The zero-order valence-corrected chi connectivity index (χ0v) is 19.0. The number of nitrogens with one attached hydrogen (secondary N) is 1. The molecule has 1 saturated carbocycles. The molecule has 7 nitrogen and oxygen atoms in total. The number of hydrogen-bond acceptors (Lipinski definition) is 5. The Hall–Kier alpha value is -3.13. The average molecular weight is 437 g/mol. The molecule has 1 aromatic carbocycles. The van der Waals surface area contributed by atoms with Gasteiger partial charge in [-0.05, 0) is 50.6 Å². The summed E-state index contributed by atoms with van der Waals surface area (Å²) in [7, 11) is 4.04. The molecule has 0 saturated heterocycles. The number of aromatic nitrogens is 4. The van der Waals surface area contributed by atoms with Crippen molar-refractivity contribution < 1.29 is 9.18 Å². The molecule has 0 radical (unpaired) electrons. The van der Waals surface area contributed by atoms with Crippen LogP contribution in [0.5, 0.6) is 0 Å². The van der Waals surface area contributed by atoms with E-state index in [0.29, 0.717) is 29.3 Å². The van der Waals surface area contributed by atoms with Crippen molar-refractivity contribution in [3.05, 3.63) is 59.8 Å². The van der Waals surface area contributed by atoms with E-state index in [2.05, 4.69) is 39.1 Å². The van der Waals surface area contributed by atoms with Gasteiger partial charge in [-0.1, -0.05) is 26.0 Å². The number of nitrogens with zero attached hydrogens (tertiary/aromatic N) is 5. The monoisotopic (exact) mass is 436 g/mol. The van der Waals surface area contributed by atoms with Gasteiger partial charge < -0.3 is 10.2 Å². The summed E-state index contributed by atoms with van der Waals surface area (Å²) in [5.74, 6) is 0.0871. The second kappa shape index (κ2) is 8.78. The summed E-state index contributed by atoms with van der Waals surface area (Å²) in [5.41, 5.74) is 2.18. The number of benzene rings is 1. The highest BCUT2D eigenvalue weighted by Gasteiger charge is 2.34. The minimum Gasteiger partial charge on any atom is -0.351 e. The van der Waals surface area contributed by atoms with E-state index in [1.165, 1.54) is 6.07 Å². The lowest BCUT2D eigenvalue weighted by atomic mass is 9.93. The Bertz CT molecular complexity index is 1120. The van der Waals surface area contributed by atoms with Crippen LogP contribution in [-0.2, 0) is 0 Å². The molecule has 1 fully saturated rings. The average Bonchev–Trinajstić information content (AvgIpc) is 3.49. The molecule has 0 unspecified atom stereocenters. The van der Waals surface area contributed by atoms with E-state index in [1.54, 1.807) is 41.3 Å². The van der Waals surface area contributed by atoms with Crippen LogP contribution in [0.3, 0.4) is 0 Å². The molecule has 0 spiro atoms. The summed E-state index contributed by atoms with van der Waals surface area (Å²) in [4.78, 5) is 24.1. The standard InChI is InChI=1S/C24H29FN6O/c1-24(2,15-30(3)4)14-27-22(32)18-13-28-31(21(18)16-9-10-16)23-26-12-11-20(29-23)17-7-5-6-8-19(17)25/h5-8,11-13,16H,9-10,14-15H2,1-4H3,(H,27,32). The zero-order valence-electron chi connectivity index (χ0n) is 19.0. The third kappa shape index (κ3) is 4.85. The fraction of sp³-hybridized carbons (Fsp3) is 0.417.